The molecule has 2 rings (SSSR count). The van der Waals surface area contributed by atoms with Crippen molar-refractivity contribution in [3.8, 4) is 0 Å². The molecular formula is C11H14N4OS3. The summed E-state index contributed by atoms with van der Waals surface area (Å²) in [6.07, 6.45) is 0. The Morgan fingerprint density at radius 2 is 2.37 bits per heavy atom. The quantitative estimate of drug-likeness (QED) is 0.830. The molecule has 0 bridgehead atoms. The van der Waals surface area contributed by atoms with Crippen LogP contribution in [0.3, 0.4) is 0 Å². The Balaban J connectivity index is 1.80. The predicted octanol–water partition coefficient (Wildman–Crippen LogP) is 2.39. The van der Waals surface area contributed by atoms with Crippen LogP contribution in [-0.2, 0) is 11.3 Å². The average Bonchev–Trinajstić information content (AvgIpc) is 3.06. The van der Waals surface area contributed by atoms with Gasteiger partial charge in [-0.3, -0.25) is 4.79 Å². The minimum atomic E-state index is 0.0969. The fourth-order valence-electron chi connectivity index (χ4n) is 1.33. The van der Waals surface area contributed by atoms with Crippen LogP contribution < -0.4 is 5.32 Å². The van der Waals surface area contributed by atoms with Gasteiger partial charge in [0.25, 0.3) is 0 Å². The Bertz CT molecular complexity index is 526. The molecule has 2 heterocycles. The maximum Gasteiger partial charge on any atom is 0.233 e. The summed E-state index contributed by atoms with van der Waals surface area (Å²) in [6.45, 7) is 0.662. The van der Waals surface area contributed by atoms with Crippen LogP contribution in [0.2, 0.25) is 0 Å². The lowest BCUT2D eigenvalue weighted by Crippen LogP contribution is -2.27. The highest BCUT2D eigenvalue weighted by molar-refractivity contribution is 8.01. The van der Waals surface area contributed by atoms with Gasteiger partial charge in [-0.15, -0.1) is 21.5 Å². The number of carbonyl (C=O) groups excluding carboxylic acids is 1. The summed E-state index contributed by atoms with van der Waals surface area (Å²) in [7, 11) is 3.62. The Morgan fingerprint density at radius 3 is 3.00 bits per heavy atom. The van der Waals surface area contributed by atoms with Crippen molar-refractivity contribution in [3.63, 3.8) is 0 Å². The van der Waals surface area contributed by atoms with Gasteiger partial charge in [0, 0.05) is 19.0 Å². The lowest BCUT2D eigenvalue weighted by molar-refractivity contribution is -0.127. The van der Waals surface area contributed by atoms with Crippen LogP contribution in [0.5, 0.6) is 0 Å². The molecule has 5 nitrogen and oxygen atoms in total. The van der Waals surface area contributed by atoms with Crippen molar-refractivity contribution < 1.29 is 4.79 Å². The molecule has 8 heteroatoms. The van der Waals surface area contributed by atoms with Crippen molar-refractivity contribution in [1.82, 2.24) is 15.1 Å². The number of rotatable bonds is 6. The molecule has 1 N–H and O–H groups in total. The molecule has 1 amide bonds. The zero-order valence-corrected chi connectivity index (χ0v) is 13.1. The second-order valence-electron chi connectivity index (χ2n) is 3.74. The van der Waals surface area contributed by atoms with Crippen LogP contribution in [0.25, 0.3) is 0 Å². The molecule has 2 aromatic heterocycles. The fourth-order valence-corrected chi connectivity index (χ4v) is 3.73. The number of nitrogens with one attached hydrogen (secondary N) is 1. The molecule has 0 aliphatic carbocycles. The number of nitrogens with zero attached hydrogens (tertiary/aromatic N) is 3. The maximum absolute atomic E-state index is 12.0. The summed E-state index contributed by atoms with van der Waals surface area (Å²) in [5.41, 5.74) is 0. The molecular weight excluding hydrogens is 300 g/mol. The van der Waals surface area contributed by atoms with Crippen LogP contribution in [0.4, 0.5) is 5.13 Å². The Kier molecular flexibility index (Phi) is 5.17. The van der Waals surface area contributed by atoms with E-state index in [2.05, 4.69) is 15.5 Å². The number of aromatic nitrogens is 2. The monoisotopic (exact) mass is 314 g/mol. The van der Waals surface area contributed by atoms with Gasteiger partial charge < -0.3 is 10.2 Å². The van der Waals surface area contributed by atoms with E-state index in [0.717, 1.165) is 9.47 Å². The van der Waals surface area contributed by atoms with Gasteiger partial charge in [0.2, 0.25) is 11.0 Å². The normalized spacial score (nSPS) is 10.4. The van der Waals surface area contributed by atoms with E-state index in [1.54, 1.807) is 23.3 Å². The first-order chi connectivity index (χ1) is 9.19. The average molecular weight is 314 g/mol. The van der Waals surface area contributed by atoms with Crippen LogP contribution in [0, 0.1) is 0 Å². The summed E-state index contributed by atoms with van der Waals surface area (Å²) in [4.78, 5) is 14.9. The van der Waals surface area contributed by atoms with Gasteiger partial charge in [0.05, 0.1) is 12.3 Å². The summed E-state index contributed by atoms with van der Waals surface area (Å²) >= 11 is 4.54. The van der Waals surface area contributed by atoms with E-state index in [1.807, 2.05) is 24.6 Å². The summed E-state index contributed by atoms with van der Waals surface area (Å²) in [5, 5.41) is 13.6. The van der Waals surface area contributed by atoms with E-state index in [4.69, 9.17) is 0 Å². The first kappa shape index (κ1) is 14.3. The van der Waals surface area contributed by atoms with E-state index in [0.29, 0.717) is 12.3 Å². The Labute approximate surface area is 124 Å². The first-order valence-electron chi connectivity index (χ1n) is 5.59. The zero-order valence-electron chi connectivity index (χ0n) is 10.6. The number of anilines is 1. The topological polar surface area (TPSA) is 58.1 Å². The van der Waals surface area contributed by atoms with E-state index in [9.17, 15) is 4.79 Å². The first-order valence-corrected chi connectivity index (χ1v) is 8.27. The predicted molar refractivity (Wildman–Crippen MR) is 81.0 cm³/mol. The van der Waals surface area contributed by atoms with Crippen molar-refractivity contribution >= 4 is 45.5 Å². The van der Waals surface area contributed by atoms with Crippen molar-refractivity contribution in [2.24, 2.45) is 0 Å². The van der Waals surface area contributed by atoms with Crippen molar-refractivity contribution in [1.29, 1.82) is 0 Å². The highest BCUT2D eigenvalue weighted by atomic mass is 32.2. The highest BCUT2D eigenvalue weighted by Gasteiger charge is 2.12. The standard InChI is InChI=1S/C11H14N4OS3/c1-12-10-13-14-11(19-10)18-7-9(16)15(2)6-8-4-3-5-17-8/h3-5H,6-7H2,1-2H3,(H,12,13). The van der Waals surface area contributed by atoms with Gasteiger partial charge in [0.15, 0.2) is 4.34 Å². The number of thiophene rings is 1. The molecule has 0 unspecified atom stereocenters. The van der Waals surface area contributed by atoms with E-state index in [1.165, 1.54) is 28.0 Å². The third kappa shape index (κ3) is 4.19. The van der Waals surface area contributed by atoms with Crippen LogP contribution in [0.1, 0.15) is 4.88 Å². The summed E-state index contributed by atoms with van der Waals surface area (Å²) < 4.78 is 0.808. The largest absolute Gasteiger partial charge is 0.363 e. The lowest BCUT2D eigenvalue weighted by Gasteiger charge is -2.15. The molecule has 0 radical (unpaired) electrons. The van der Waals surface area contributed by atoms with Gasteiger partial charge >= 0.3 is 0 Å². The van der Waals surface area contributed by atoms with E-state index >= 15 is 0 Å². The third-order valence-electron chi connectivity index (χ3n) is 2.34. The lowest BCUT2D eigenvalue weighted by atomic mass is 10.4. The molecule has 0 aliphatic heterocycles. The molecule has 2 aromatic rings. The number of hydrogen-bond donors (Lipinski definition) is 1. The van der Waals surface area contributed by atoms with Crippen LogP contribution >= 0.6 is 34.4 Å². The van der Waals surface area contributed by atoms with Crippen LogP contribution in [0.15, 0.2) is 21.9 Å². The Morgan fingerprint density at radius 1 is 1.53 bits per heavy atom. The van der Waals surface area contributed by atoms with Crippen molar-refractivity contribution in [3.05, 3.63) is 22.4 Å². The zero-order chi connectivity index (χ0) is 13.7. The Hall–Kier alpha value is -1.12. The third-order valence-corrected chi connectivity index (χ3v) is 5.26. The van der Waals surface area contributed by atoms with Crippen molar-refractivity contribution in [2.45, 2.75) is 10.9 Å². The molecule has 0 spiro atoms. The number of hydrogen-bond acceptors (Lipinski definition) is 7. The van der Waals surface area contributed by atoms with Gasteiger partial charge in [-0.1, -0.05) is 29.2 Å². The minimum Gasteiger partial charge on any atom is -0.363 e. The second kappa shape index (κ2) is 6.88. The summed E-state index contributed by atoms with van der Waals surface area (Å²) in [6, 6.07) is 4.03. The van der Waals surface area contributed by atoms with Gasteiger partial charge in [-0.05, 0) is 11.4 Å². The highest BCUT2D eigenvalue weighted by Crippen LogP contribution is 2.25. The molecule has 0 saturated heterocycles. The van der Waals surface area contributed by atoms with E-state index < -0.39 is 0 Å². The molecule has 0 atom stereocenters. The van der Waals surface area contributed by atoms with E-state index in [-0.39, 0.29) is 5.91 Å². The molecule has 0 aromatic carbocycles. The molecule has 0 fully saturated rings. The summed E-state index contributed by atoms with van der Waals surface area (Å²) in [5.74, 6) is 0.486. The van der Waals surface area contributed by atoms with Crippen LogP contribution in [-0.4, -0.2) is 40.9 Å². The van der Waals surface area contributed by atoms with Gasteiger partial charge in [-0.25, -0.2) is 0 Å². The smallest absolute Gasteiger partial charge is 0.233 e. The SMILES string of the molecule is CNc1nnc(SCC(=O)N(C)Cc2cccs2)s1. The fraction of sp³-hybridized carbons (Fsp3) is 0.364. The second-order valence-corrected chi connectivity index (χ2v) is 6.97. The maximum atomic E-state index is 12.0. The molecule has 102 valence electrons. The van der Waals surface area contributed by atoms with Gasteiger partial charge in [-0.2, -0.15) is 0 Å². The van der Waals surface area contributed by atoms with Gasteiger partial charge in [0.1, 0.15) is 0 Å². The molecule has 0 aliphatic rings. The van der Waals surface area contributed by atoms with Crippen molar-refractivity contribution in [2.75, 3.05) is 25.2 Å². The number of thioether (sulfide) groups is 1. The minimum absolute atomic E-state index is 0.0969. The number of amides is 1. The number of carbonyl (C=O) groups is 1. The molecule has 19 heavy (non-hydrogen) atoms. The molecule has 0 saturated carbocycles.